The molecule has 6 heteroatoms. The van der Waals surface area contributed by atoms with Gasteiger partial charge in [0.15, 0.2) is 0 Å². The lowest BCUT2D eigenvalue weighted by atomic mass is 10.2. The van der Waals surface area contributed by atoms with Crippen molar-refractivity contribution in [3.05, 3.63) is 47.9 Å². The Hall–Kier alpha value is -2.63. The predicted octanol–water partition coefficient (Wildman–Crippen LogP) is 1.84. The molecule has 0 saturated carbocycles. The molecule has 1 N–H and O–H groups in total. The van der Waals surface area contributed by atoms with Gasteiger partial charge in [-0.05, 0) is 25.5 Å². The molecule has 2 heterocycles. The van der Waals surface area contributed by atoms with Crippen molar-refractivity contribution in [3.63, 3.8) is 0 Å². The molecule has 0 bridgehead atoms. The van der Waals surface area contributed by atoms with E-state index in [0.29, 0.717) is 25.8 Å². The Morgan fingerprint density at radius 1 is 1.39 bits per heavy atom. The van der Waals surface area contributed by atoms with Crippen molar-refractivity contribution in [2.24, 2.45) is 0 Å². The lowest BCUT2D eigenvalue weighted by molar-refractivity contribution is -0.123. The minimum absolute atomic E-state index is 0.0107. The molecule has 1 aliphatic rings. The highest BCUT2D eigenvalue weighted by molar-refractivity contribution is 6.03. The van der Waals surface area contributed by atoms with E-state index in [9.17, 15) is 9.59 Å². The molecular formula is C17H19N3O3. The van der Waals surface area contributed by atoms with Crippen LogP contribution in [0.3, 0.4) is 0 Å². The number of aromatic nitrogens is 1. The number of carbonyl (C=O) groups excluding carboxylic acids is 2. The van der Waals surface area contributed by atoms with Gasteiger partial charge in [-0.2, -0.15) is 0 Å². The summed E-state index contributed by atoms with van der Waals surface area (Å²) < 4.78 is 5.00. The molecule has 3 rings (SSSR count). The molecule has 6 nitrogen and oxygen atoms in total. The lowest BCUT2D eigenvalue weighted by Crippen LogP contribution is -2.45. The van der Waals surface area contributed by atoms with Gasteiger partial charge < -0.3 is 9.84 Å². The predicted molar refractivity (Wildman–Crippen MR) is 84.9 cm³/mol. The first-order valence-corrected chi connectivity index (χ1v) is 7.72. The van der Waals surface area contributed by atoms with Crippen LogP contribution in [-0.4, -0.2) is 29.6 Å². The third-order valence-electron chi connectivity index (χ3n) is 3.91. The highest BCUT2D eigenvalue weighted by Crippen LogP contribution is 2.26. The van der Waals surface area contributed by atoms with E-state index in [1.54, 1.807) is 4.90 Å². The Bertz CT molecular complexity index is 696. The standard InChI is InChI=1S/C17H19N3O3/c1-12-11-13(19-23-12)9-10-18-17(22)15-7-8-16(21)20(15)14-5-3-2-4-6-14/h2-6,11,15H,7-10H2,1H3,(H,18,22). The maximum atomic E-state index is 12.4. The van der Waals surface area contributed by atoms with E-state index in [2.05, 4.69) is 10.5 Å². The number of aryl methyl sites for hydroxylation is 1. The molecule has 1 aromatic heterocycles. The summed E-state index contributed by atoms with van der Waals surface area (Å²) in [7, 11) is 0. The van der Waals surface area contributed by atoms with Crippen molar-refractivity contribution in [1.82, 2.24) is 10.5 Å². The van der Waals surface area contributed by atoms with E-state index in [1.165, 1.54) is 0 Å². The second kappa shape index (κ2) is 6.64. The molecule has 23 heavy (non-hydrogen) atoms. The molecular weight excluding hydrogens is 294 g/mol. The van der Waals surface area contributed by atoms with Crippen molar-refractivity contribution >= 4 is 17.5 Å². The third kappa shape index (κ3) is 3.41. The zero-order chi connectivity index (χ0) is 16.2. The van der Waals surface area contributed by atoms with Gasteiger partial charge >= 0.3 is 0 Å². The number of amides is 2. The van der Waals surface area contributed by atoms with Gasteiger partial charge in [-0.1, -0.05) is 23.4 Å². The van der Waals surface area contributed by atoms with Crippen LogP contribution in [0, 0.1) is 6.92 Å². The molecule has 0 radical (unpaired) electrons. The zero-order valence-electron chi connectivity index (χ0n) is 13.0. The van der Waals surface area contributed by atoms with Gasteiger partial charge in [0.05, 0.1) is 5.69 Å². The molecule has 2 amide bonds. The number of hydrogen-bond donors (Lipinski definition) is 1. The quantitative estimate of drug-likeness (QED) is 0.914. The zero-order valence-corrected chi connectivity index (χ0v) is 13.0. The van der Waals surface area contributed by atoms with Crippen molar-refractivity contribution in [3.8, 4) is 0 Å². The summed E-state index contributed by atoms with van der Waals surface area (Å²) in [6.45, 7) is 2.30. The normalized spacial score (nSPS) is 17.5. The number of nitrogens with zero attached hydrogens (tertiary/aromatic N) is 2. The van der Waals surface area contributed by atoms with Crippen molar-refractivity contribution in [2.45, 2.75) is 32.2 Å². The second-order valence-corrected chi connectivity index (χ2v) is 5.62. The van der Waals surface area contributed by atoms with Crippen molar-refractivity contribution < 1.29 is 14.1 Å². The lowest BCUT2D eigenvalue weighted by Gasteiger charge is -2.24. The Balaban J connectivity index is 1.60. The highest BCUT2D eigenvalue weighted by atomic mass is 16.5. The number of nitrogens with one attached hydrogen (secondary N) is 1. The molecule has 0 aliphatic carbocycles. The number of benzene rings is 1. The highest BCUT2D eigenvalue weighted by Gasteiger charge is 2.36. The molecule has 2 aromatic rings. The molecule has 0 spiro atoms. The number of para-hydroxylation sites is 1. The van der Waals surface area contributed by atoms with Crippen molar-refractivity contribution in [1.29, 1.82) is 0 Å². The molecule has 120 valence electrons. The number of carbonyl (C=O) groups is 2. The molecule has 1 aliphatic heterocycles. The van der Waals surface area contributed by atoms with Crippen LogP contribution in [0.5, 0.6) is 0 Å². The summed E-state index contributed by atoms with van der Waals surface area (Å²) in [6.07, 6.45) is 1.55. The summed E-state index contributed by atoms with van der Waals surface area (Å²) >= 11 is 0. The van der Waals surface area contributed by atoms with Crippen LogP contribution >= 0.6 is 0 Å². The summed E-state index contributed by atoms with van der Waals surface area (Å²) in [5.41, 5.74) is 1.58. The summed E-state index contributed by atoms with van der Waals surface area (Å²) in [4.78, 5) is 26.1. The number of rotatable bonds is 5. The van der Waals surface area contributed by atoms with E-state index < -0.39 is 6.04 Å². The number of anilines is 1. The monoisotopic (exact) mass is 313 g/mol. The second-order valence-electron chi connectivity index (χ2n) is 5.62. The minimum Gasteiger partial charge on any atom is -0.361 e. The topological polar surface area (TPSA) is 75.4 Å². The average Bonchev–Trinajstić information content (AvgIpc) is 3.14. The molecule has 1 unspecified atom stereocenters. The average molecular weight is 313 g/mol. The van der Waals surface area contributed by atoms with Gasteiger partial charge in [0.25, 0.3) is 0 Å². The van der Waals surface area contributed by atoms with E-state index in [-0.39, 0.29) is 11.8 Å². The fraction of sp³-hybridized carbons (Fsp3) is 0.353. The Labute approximate surface area is 134 Å². The third-order valence-corrected chi connectivity index (χ3v) is 3.91. The summed E-state index contributed by atoms with van der Waals surface area (Å²) in [5, 5.41) is 6.78. The van der Waals surface area contributed by atoms with Gasteiger partial charge in [-0.15, -0.1) is 0 Å². The van der Waals surface area contributed by atoms with E-state index in [4.69, 9.17) is 4.52 Å². The Morgan fingerprint density at radius 3 is 2.87 bits per heavy atom. The molecule has 1 aromatic carbocycles. The SMILES string of the molecule is Cc1cc(CCNC(=O)C2CCC(=O)N2c2ccccc2)no1. The van der Waals surface area contributed by atoms with Gasteiger partial charge in [-0.3, -0.25) is 14.5 Å². The maximum Gasteiger partial charge on any atom is 0.243 e. The summed E-state index contributed by atoms with van der Waals surface area (Å²) in [6, 6.07) is 10.7. The molecule has 1 saturated heterocycles. The minimum atomic E-state index is -0.441. The number of hydrogen-bond acceptors (Lipinski definition) is 4. The summed E-state index contributed by atoms with van der Waals surface area (Å²) in [5.74, 6) is 0.617. The molecule has 1 atom stereocenters. The van der Waals surface area contributed by atoms with E-state index >= 15 is 0 Å². The van der Waals surface area contributed by atoms with Gasteiger partial charge in [0.1, 0.15) is 11.8 Å². The fourth-order valence-corrected chi connectivity index (χ4v) is 2.81. The van der Waals surface area contributed by atoms with Gasteiger partial charge in [0, 0.05) is 31.1 Å². The van der Waals surface area contributed by atoms with Gasteiger partial charge in [0.2, 0.25) is 11.8 Å². The van der Waals surface area contributed by atoms with E-state index in [0.717, 1.165) is 17.1 Å². The van der Waals surface area contributed by atoms with Crippen LogP contribution in [-0.2, 0) is 16.0 Å². The van der Waals surface area contributed by atoms with Crippen LogP contribution < -0.4 is 10.2 Å². The maximum absolute atomic E-state index is 12.4. The van der Waals surface area contributed by atoms with Crippen LogP contribution in [0.25, 0.3) is 0 Å². The smallest absolute Gasteiger partial charge is 0.243 e. The van der Waals surface area contributed by atoms with Crippen molar-refractivity contribution in [2.75, 3.05) is 11.4 Å². The Morgan fingerprint density at radius 2 is 2.17 bits per heavy atom. The van der Waals surface area contributed by atoms with Crippen LogP contribution in [0.15, 0.2) is 40.9 Å². The van der Waals surface area contributed by atoms with Crippen LogP contribution in [0.1, 0.15) is 24.3 Å². The van der Waals surface area contributed by atoms with E-state index in [1.807, 2.05) is 43.3 Å². The van der Waals surface area contributed by atoms with Crippen LogP contribution in [0.2, 0.25) is 0 Å². The first-order chi connectivity index (χ1) is 11.1. The van der Waals surface area contributed by atoms with Gasteiger partial charge in [-0.25, -0.2) is 0 Å². The largest absolute Gasteiger partial charge is 0.361 e. The molecule has 1 fully saturated rings. The van der Waals surface area contributed by atoms with Crippen LogP contribution in [0.4, 0.5) is 5.69 Å². The first-order valence-electron chi connectivity index (χ1n) is 7.72. The fourth-order valence-electron chi connectivity index (χ4n) is 2.81. The Kier molecular flexibility index (Phi) is 4.41. The first kappa shape index (κ1) is 15.3.